The summed E-state index contributed by atoms with van der Waals surface area (Å²) >= 11 is 6.49. The molecular weight excluding hydrogens is 274 g/mol. The van der Waals surface area contributed by atoms with Crippen LogP contribution in [0.15, 0.2) is 27.6 Å². The molecule has 0 aliphatic rings. The van der Waals surface area contributed by atoms with Crippen LogP contribution in [-0.2, 0) is 11.1 Å². The Morgan fingerprint density at radius 1 is 1.50 bits per heavy atom. The second-order valence-corrected chi connectivity index (χ2v) is 3.93. The fourth-order valence-corrected chi connectivity index (χ4v) is 1.87. The second kappa shape index (κ2) is 5.75. The Morgan fingerprint density at radius 3 is 2.50 bits per heavy atom. The van der Waals surface area contributed by atoms with Gasteiger partial charge in [-0.25, -0.2) is 0 Å². The maximum Gasteiger partial charge on any atom is 1.00 e. The van der Waals surface area contributed by atoms with Gasteiger partial charge < -0.3 is 4.55 Å². The van der Waals surface area contributed by atoms with Gasteiger partial charge in [0.2, 0.25) is 0 Å². The van der Waals surface area contributed by atoms with Crippen LogP contribution in [0.2, 0.25) is 5.02 Å². The number of rotatable bonds is 1. The summed E-state index contributed by atoms with van der Waals surface area (Å²) in [6.45, 7) is 0. The molecule has 0 aromatic heterocycles. The minimum absolute atomic E-state index is 0. The first-order valence-electron chi connectivity index (χ1n) is 2.66. The van der Waals surface area contributed by atoms with Gasteiger partial charge in [-0.2, -0.15) is 0 Å². The molecule has 0 fully saturated rings. The van der Waals surface area contributed by atoms with E-state index in [0.29, 0.717) is 4.47 Å². The molecule has 2 nitrogen and oxygen atoms in total. The molecule has 6 heteroatoms. The quantitative estimate of drug-likeness (QED) is 0.505. The first kappa shape index (κ1) is 13.1. The van der Waals surface area contributed by atoms with E-state index in [9.17, 15) is 8.76 Å². The third-order valence-corrected chi connectivity index (χ3v) is 3.20. The average Bonchev–Trinajstić information content (AvgIpc) is 1.94. The zero-order valence-electron chi connectivity index (χ0n) is 6.21. The van der Waals surface area contributed by atoms with E-state index >= 15 is 0 Å². The molecule has 1 rings (SSSR count). The van der Waals surface area contributed by atoms with Crippen LogP contribution in [0.25, 0.3) is 0 Å². The second-order valence-electron chi connectivity index (χ2n) is 1.79. The first-order valence-corrected chi connectivity index (χ1v) is 4.91. The maximum atomic E-state index is 10.5. The SMILES string of the molecule is O=S([O-])c1cccc(Br)c1Cl.[Na+]. The van der Waals surface area contributed by atoms with Crippen molar-refractivity contribution in [3.05, 3.63) is 27.7 Å². The van der Waals surface area contributed by atoms with Crippen molar-refractivity contribution in [3.8, 4) is 0 Å². The predicted molar refractivity (Wildman–Crippen MR) is 46.3 cm³/mol. The molecule has 0 amide bonds. The van der Waals surface area contributed by atoms with Crippen molar-refractivity contribution < 1.29 is 38.3 Å². The molecule has 0 heterocycles. The van der Waals surface area contributed by atoms with Crippen molar-refractivity contribution in [2.45, 2.75) is 4.90 Å². The van der Waals surface area contributed by atoms with Crippen LogP contribution in [0.5, 0.6) is 0 Å². The fraction of sp³-hybridized carbons (Fsp3) is 0. The number of hydrogen-bond donors (Lipinski definition) is 0. The summed E-state index contributed by atoms with van der Waals surface area (Å²) in [5.41, 5.74) is 0. The minimum Gasteiger partial charge on any atom is -0.768 e. The van der Waals surface area contributed by atoms with Gasteiger partial charge in [-0.3, -0.25) is 4.21 Å². The smallest absolute Gasteiger partial charge is 0.768 e. The molecule has 1 atom stereocenters. The number of hydrogen-bond acceptors (Lipinski definition) is 2. The van der Waals surface area contributed by atoms with Gasteiger partial charge in [0.1, 0.15) is 0 Å². The fourth-order valence-electron chi connectivity index (χ4n) is 0.613. The van der Waals surface area contributed by atoms with Gasteiger partial charge >= 0.3 is 29.6 Å². The molecular formula is C6H3BrClNaO2S. The minimum atomic E-state index is -2.26. The molecule has 0 radical (unpaired) electrons. The summed E-state index contributed by atoms with van der Waals surface area (Å²) in [5, 5.41) is 0.223. The van der Waals surface area contributed by atoms with Crippen LogP contribution in [0.4, 0.5) is 0 Å². The molecule has 1 aromatic rings. The molecule has 0 saturated carbocycles. The normalized spacial score (nSPS) is 11.9. The van der Waals surface area contributed by atoms with Crippen molar-refractivity contribution in [1.82, 2.24) is 0 Å². The molecule has 0 bridgehead atoms. The van der Waals surface area contributed by atoms with Crippen LogP contribution in [0.3, 0.4) is 0 Å². The van der Waals surface area contributed by atoms with E-state index in [-0.39, 0.29) is 39.5 Å². The van der Waals surface area contributed by atoms with E-state index in [2.05, 4.69) is 15.9 Å². The zero-order chi connectivity index (χ0) is 8.43. The third-order valence-electron chi connectivity index (χ3n) is 1.10. The van der Waals surface area contributed by atoms with E-state index in [1.54, 1.807) is 12.1 Å². The molecule has 1 aromatic carbocycles. The summed E-state index contributed by atoms with van der Waals surface area (Å²) in [6.07, 6.45) is 0. The van der Waals surface area contributed by atoms with E-state index in [0.717, 1.165) is 0 Å². The van der Waals surface area contributed by atoms with Gasteiger partial charge in [0.25, 0.3) is 0 Å². The molecule has 60 valence electrons. The summed E-state index contributed by atoms with van der Waals surface area (Å²) in [7, 11) is 0. The van der Waals surface area contributed by atoms with Crippen LogP contribution in [0.1, 0.15) is 0 Å². The van der Waals surface area contributed by atoms with E-state index in [1.165, 1.54) is 6.07 Å². The Morgan fingerprint density at radius 2 is 2.08 bits per heavy atom. The molecule has 1 unspecified atom stereocenters. The molecule has 12 heavy (non-hydrogen) atoms. The van der Waals surface area contributed by atoms with E-state index in [4.69, 9.17) is 11.6 Å². The Bertz CT molecular complexity index is 308. The van der Waals surface area contributed by atoms with Crippen molar-refractivity contribution >= 4 is 38.6 Å². The molecule has 0 aliphatic carbocycles. The summed E-state index contributed by atoms with van der Waals surface area (Å²) in [6, 6.07) is 4.73. The van der Waals surface area contributed by atoms with Gasteiger partial charge in [0, 0.05) is 9.37 Å². The average molecular weight is 278 g/mol. The van der Waals surface area contributed by atoms with E-state index in [1.807, 2.05) is 0 Å². The monoisotopic (exact) mass is 276 g/mol. The maximum absolute atomic E-state index is 10.5. The van der Waals surface area contributed by atoms with Crippen molar-refractivity contribution in [2.75, 3.05) is 0 Å². The molecule has 0 N–H and O–H groups in total. The van der Waals surface area contributed by atoms with Gasteiger partial charge in [-0.05, 0) is 39.1 Å². The van der Waals surface area contributed by atoms with Crippen LogP contribution in [-0.4, -0.2) is 8.76 Å². The van der Waals surface area contributed by atoms with Crippen LogP contribution in [0, 0.1) is 0 Å². The molecule has 0 aliphatic heterocycles. The van der Waals surface area contributed by atoms with E-state index < -0.39 is 11.1 Å². The largest absolute Gasteiger partial charge is 1.00 e. The number of halogens is 2. The van der Waals surface area contributed by atoms with Crippen molar-refractivity contribution in [3.63, 3.8) is 0 Å². The van der Waals surface area contributed by atoms with Gasteiger partial charge in [-0.15, -0.1) is 0 Å². The van der Waals surface area contributed by atoms with Crippen molar-refractivity contribution in [2.24, 2.45) is 0 Å². The van der Waals surface area contributed by atoms with Gasteiger partial charge in [0.15, 0.2) is 0 Å². The molecule has 0 spiro atoms. The van der Waals surface area contributed by atoms with Gasteiger partial charge in [-0.1, -0.05) is 17.7 Å². The topological polar surface area (TPSA) is 40.1 Å². The van der Waals surface area contributed by atoms with Crippen LogP contribution < -0.4 is 29.6 Å². The Balaban J connectivity index is 0.00000121. The Kier molecular flexibility index (Phi) is 6.28. The van der Waals surface area contributed by atoms with Crippen LogP contribution >= 0.6 is 27.5 Å². The Hall–Kier alpha value is 1.10. The zero-order valence-corrected chi connectivity index (χ0v) is 11.4. The molecule has 0 saturated heterocycles. The summed E-state index contributed by atoms with van der Waals surface area (Å²) in [5.74, 6) is 0. The first-order chi connectivity index (χ1) is 5.13. The predicted octanol–water partition coefficient (Wildman–Crippen LogP) is -0.655. The van der Waals surface area contributed by atoms with Gasteiger partial charge in [0.05, 0.1) is 5.02 Å². The Labute approximate surface area is 108 Å². The number of benzene rings is 1. The third kappa shape index (κ3) is 3.10. The van der Waals surface area contributed by atoms with Crippen molar-refractivity contribution in [1.29, 1.82) is 0 Å². The summed E-state index contributed by atoms with van der Waals surface area (Å²) < 4.78 is 21.5. The standard InChI is InChI=1S/C6H4BrClO2S.Na/c7-4-2-1-3-5(6(4)8)11(9)10;/h1-3H,(H,9,10);/q;+1/p-1. The summed E-state index contributed by atoms with van der Waals surface area (Å²) in [4.78, 5) is 0.112.